The first-order valence-corrected chi connectivity index (χ1v) is 9.10. The zero-order chi connectivity index (χ0) is 19.7. The summed E-state index contributed by atoms with van der Waals surface area (Å²) in [5, 5.41) is 3.88. The van der Waals surface area contributed by atoms with Crippen LogP contribution >= 0.6 is 23.2 Å². The van der Waals surface area contributed by atoms with E-state index in [4.69, 9.17) is 32.4 Å². The lowest BCUT2D eigenvalue weighted by atomic mass is 10.1. The minimum absolute atomic E-state index is 0.316. The monoisotopic (exact) mass is 412 g/mol. The Balaban J connectivity index is 1.56. The molecule has 0 spiro atoms. The number of carbonyl (C=O) groups is 1. The van der Waals surface area contributed by atoms with E-state index in [-0.39, 0.29) is 5.91 Å². The van der Waals surface area contributed by atoms with E-state index in [1.807, 2.05) is 12.1 Å². The topological polar surface area (TPSA) is 64.4 Å². The SMILES string of the molecule is COc1ccc(Cl)cc1C(=O)Nc1ccc(-c2nc3cc(Cl)ccc3o2)cc1. The van der Waals surface area contributed by atoms with E-state index in [1.54, 1.807) is 48.5 Å². The van der Waals surface area contributed by atoms with Crippen LogP contribution in [0.5, 0.6) is 5.75 Å². The molecule has 4 rings (SSSR count). The van der Waals surface area contributed by atoms with Crippen LogP contribution in [0.4, 0.5) is 5.69 Å². The molecule has 0 bridgehead atoms. The van der Waals surface area contributed by atoms with E-state index >= 15 is 0 Å². The van der Waals surface area contributed by atoms with Crippen LogP contribution in [0.3, 0.4) is 0 Å². The Morgan fingerprint density at radius 3 is 2.46 bits per heavy atom. The maximum absolute atomic E-state index is 12.6. The van der Waals surface area contributed by atoms with Gasteiger partial charge in [0.05, 0.1) is 12.7 Å². The molecular weight excluding hydrogens is 399 g/mol. The first kappa shape index (κ1) is 18.3. The summed E-state index contributed by atoms with van der Waals surface area (Å²) in [6.07, 6.45) is 0. The predicted octanol–water partition coefficient (Wildman–Crippen LogP) is 6.06. The summed E-state index contributed by atoms with van der Waals surface area (Å²) in [5.41, 5.74) is 3.10. The standard InChI is InChI=1S/C21H14Cl2N2O3/c1-27-18-8-4-13(22)10-16(18)20(26)24-15-6-2-12(3-7-15)21-25-17-11-14(23)5-9-19(17)28-21/h2-11H,1H3,(H,24,26). The minimum atomic E-state index is -0.316. The van der Waals surface area contributed by atoms with Crippen molar-refractivity contribution >= 4 is 45.9 Å². The summed E-state index contributed by atoms with van der Waals surface area (Å²) in [6.45, 7) is 0. The number of halogens is 2. The molecule has 4 aromatic rings. The molecule has 0 aliphatic rings. The number of benzene rings is 3. The number of oxazole rings is 1. The fourth-order valence-electron chi connectivity index (χ4n) is 2.78. The average molecular weight is 413 g/mol. The van der Waals surface area contributed by atoms with Gasteiger partial charge in [0, 0.05) is 21.3 Å². The van der Waals surface area contributed by atoms with Crippen LogP contribution in [-0.2, 0) is 0 Å². The van der Waals surface area contributed by atoms with Gasteiger partial charge in [0.25, 0.3) is 5.91 Å². The number of fused-ring (bicyclic) bond motifs is 1. The van der Waals surface area contributed by atoms with Crippen molar-refractivity contribution in [2.45, 2.75) is 0 Å². The van der Waals surface area contributed by atoms with E-state index in [0.29, 0.717) is 44.0 Å². The second kappa shape index (κ2) is 7.54. The van der Waals surface area contributed by atoms with E-state index in [1.165, 1.54) is 7.11 Å². The molecule has 0 fully saturated rings. The lowest BCUT2D eigenvalue weighted by Gasteiger charge is -2.10. The molecule has 0 unspecified atom stereocenters. The number of carbonyl (C=O) groups excluding carboxylic acids is 1. The number of ether oxygens (including phenoxy) is 1. The molecule has 1 heterocycles. The number of anilines is 1. The zero-order valence-corrected chi connectivity index (χ0v) is 16.2. The highest BCUT2D eigenvalue weighted by molar-refractivity contribution is 6.31. The highest BCUT2D eigenvalue weighted by Crippen LogP contribution is 2.28. The fourth-order valence-corrected chi connectivity index (χ4v) is 3.11. The van der Waals surface area contributed by atoms with Crippen molar-refractivity contribution < 1.29 is 13.9 Å². The predicted molar refractivity (Wildman–Crippen MR) is 110 cm³/mol. The molecule has 0 atom stereocenters. The summed E-state index contributed by atoms with van der Waals surface area (Å²) in [6, 6.07) is 17.3. The second-order valence-electron chi connectivity index (χ2n) is 6.01. The molecule has 3 aromatic carbocycles. The van der Waals surface area contributed by atoms with Crippen LogP contribution in [-0.4, -0.2) is 18.0 Å². The van der Waals surface area contributed by atoms with Gasteiger partial charge in [-0.2, -0.15) is 0 Å². The van der Waals surface area contributed by atoms with Crippen molar-refractivity contribution in [1.29, 1.82) is 0 Å². The average Bonchev–Trinajstić information content (AvgIpc) is 3.11. The molecule has 1 N–H and O–H groups in total. The van der Waals surface area contributed by atoms with Crippen LogP contribution in [0, 0.1) is 0 Å². The van der Waals surface area contributed by atoms with Crippen molar-refractivity contribution in [2.75, 3.05) is 12.4 Å². The zero-order valence-electron chi connectivity index (χ0n) is 14.7. The first-order valence-electron chi connectivity index (χ1n) is 8.35. The van der Waals surface area contributed by atoms with Crippen molar-refractivity contribution in [3.05, 3.63) is 76.3 Å². The van der Waals surface area contributed by atoms with E-state index < -0.39 is 0 Å². The fraction of sp³-hybridized carbons (Fsp3) is 0.0476. The summed E-state index contributed by atoms with van der Waals surface area (Å²) in [7, 11) is 1.50. The second-order valence-corrected chi connectivity index (χ2v) is 6.88. The molecule has 1 amide bonds. The molecule has 0 radical (unpaired) electrons. The molecule has 0 aliphatic carbocycles. The van der Waals surface area contributed by atoms with Gasteiger partial charge in [-0.1, -0.05) is 23.2 Å². The van der Waals surface area contributed by atoms with Gasteiger partial charge in [-0.15, -0.1) is 0 Å². The molecule has 5 nitrogen and oxygen atoms in total. The van der Waals surface area contributed by atoms with Gasteiger partial charge in [-0.05, 0) is 60.7 Å². The summed E-state index contributed by atoms with van der Waals surface area (Å²) < 4.78 is 11.0. The molecule has 7 heteroatoms. The lowest BCUT2D eigenvalue weighted by molar-refractivity contribution is 0.102. The molecule has 140 valence electrons. The number of methoxy groups -OCH3 is 1. The molecule has 0 saturated carbocycles. The van der Waals surface area contributed by atoms with Gasteiger partial charge >= 0.3 is 0 Å². The number of nitrogens with zero attached hydrogens (tertiary/aromatic N) is 1. The number of aromatic nitrogens is 1. The number of nitrogens with one attached hydrogen (secondary N) is 1. The first-order chi connectivity index (χ1) is 13.5. The quantitative estimate of drug-likeness (QED) is 0.442. The third-order valence-electron chi connectivity index (χ3n) is 4.15. The molecule has 0 saturated heterocycles. The normalized spacial score (nSPS) is 10.8. The van der Waals surface area contributed by atoms with E-state index in [2.05, 4.69) is 10.3 Å². The Bertz CT molecular complexity index is 1170. The van der Waals surface area contributed by atoms with Crippen LogP contribution in [0.1, 0.15) is 10.4 Å². The van der Waals surface area contributed by atoms with Crippen LogP contribution < -0.4 is 10.1 Å². The molecule has 0 aliphatic heterocycles. The van der Waals surface area contributed by atoms with Gasteiger partial charge in [-0.3, -0.25) is 4.79 Å². The maximum atomic E-state index is 12.6. The smallest absolute Gasteiger partial charge is 0.259 e. The number of rotatable bonds is 4. The Kier molecular flexibility index (Phi) is 4.94. The van der Waals surface area contributed by atoms with Gasteiger partial charge in [0.1, 0.15) is 11.3 Å². The summed E-state index contributed by atoms with van der Waals surface area (Å²) in [5.74, 6) is 0.610. The van der Waals surface area contributed by atoms with Crippen molar-refractivity contribution in [2.24, 2.45) is 0 Å². The summed E-state index contributed by atoms with van der Waals surface area (Å²) in [4.78, 5) is 17.0. The van der Waals surface area contributed by atoms with E-state index in [0.717, 1.165) is 5.56 Å². The van der Waals surface area contributed by atoms with Crippen molar-refractivity contribution in [1.82, 2.24) is 4.98 Å². The van der Waals surface area contributed by atoms with Gasteiger partial charge in [-0.25, -0.2) is 4.98 Å². The Morgan fingerprint density at radius 1 is 1.00 bits per heavy atom. The molecular formula is C21H14Cl2N2O3. The van der Waals surface area contributed by atoms with Crippen molar-refractivity contribution in [3.8, 4) is 17.2 Å². The van der Waals surface area contributed by atoms with Gasteiger partial charge in [0.15, 0.2) is 5.58 Å². The highest BCUT2D eigenvalue weighted by Gasteiger charge is 2.14. The lowest BCUT2D eigenvalue weighted by Crippen LogP contribution is -2.13. The van der Waals surface area contributed by atoms with E-state index in [9.17, 15) is 4.79 Å². The molecule has 1 aromatic heterocycles. The highest BCUT2D eigenvalue weighted by atomic mass is 35.5. The number of amides is 1. The van der Waals surface area contributed by atoms with Crippen LogP contribution in [0.15, 0.2) is 65.1 Å². The largest absolute Gasteiger partial charge is 0.496 e. The Morgan fingerprint density at radius 2 is 1.71 bits per heavy atom. The maximum Gasteiger partial charge on any atom is 0.259 e. The Hall–Kier alpha value is -3.02. The summed E-state index contributed by atoms with van der Waals surface area (Å²) >= 11 is 12.0. The van der Waals surface area contributed by atoms with Crippen LogP contribution in [0.25, 0.3) is 22.6 Å². The number of hydrogen-bond acceptors (Lipinski definition) is 4. The van der Waals surface area contributed by atoms with Gasteiger partial charge in [0.2, 0.25) is 5.89 Å². The number of hydrogen-bond donors (Lipinski definition) is 1. The molecule has 28 heavy (non-hydrogen) atoms. The minimum Gasteiger partial charge on any atom is -0.496 e. The Labute approximate surface area is 170 Å². The van der Waals surface area contributed by atoms with Gasteiger partial charge < -0.3 is 14.5 Å². The third kappa shape index (κ3) is 3.67. The third-order valence-corrected chi connectivity index (χ3v) is 4.62. The van der Waals surface area contributed by atoms with Crippen molar-refractivity contribution in [3.63, 3.8) is 0 Å². The van der Waals surface area contributed by atoms with Crippen LogP contribution in [0.2, 0.25) is 10.0 Å².